The predicted octanol–water partition coefficient (Wildman–Crippen LogP) is 2.54. The van der Waals surface area contributed by atoms with E-state index in [1.165, 1.54) is 0 Å². The van der Waals surface area contributed by atoms with Gasteiger partial charge in [0.15, 0.2) is 0 Å². The minimum absolute atomic E-state index is 0.0324. The number of aromatic nitrogens is 4. The van der Waals surface area contributed by atoms with Crippen LogP contribution in [0.1, 0.15) is 0 Å². The van der Waals surface area contributed by atoms with E-state index in [0.717, 1.165) is 21.8 Å². The third-order valence-corrected chi connectivity index (χ3v) is 3.59. The summed E-state index contributed by atoms with van der Waals surface area (Å²) < 4.78 is 3.63. The molecule has 0 amide bonds. The van der Waals surface area contributed by atoms with Crippen molar-refractivity contribution in [3.63, 3.8) is 0 Å². The molecule has 0 aliphatic heterocycles. The Balaban J connectivity index is 0.000000158. The van der Waals surface area contributed by atoms with Crippen LogP contribution in [0.2, 0.25) is 0 Å². The van der Waals surface area contributed by atoms with E-state index < -0.39 is 0 Å². The smallest absolute Gasteiger partial charge is 0.272 e. The van der Waals surface area contributed by atoms with E-state index >= 15 is 0 Å². The zero-order valence-electron chi connectivity index (χ0n) is 13.7. The zero-order valence-corrected chi connectivity index (χ0v) is 13.7. The maximum absolute atomic E-state index is 11.2. The largest absolute Gasteiger partial charge is 0.346 e. The quantitative estimate of drug-likeness (QED) is 0.488. The first-order valence-electron chi connectivity index (χ1n) is 7.33. The number of fused-ring (bicyclic) bond motifs is 2. The Kier molecular flexibility index (Phi) is 5.21. The summed E-state index contributed by atoms with van der Waals surface area (Å²) in [6, 6.07) is 7.61. The van der Waals surface area contributed by atoms with Crippen LogP contribution < -0.4 is 11.1 Å². The Hall–Kier alpha value is -3.28. The lowest BCUT2D eigenvalue weighted by molar-refractivity contribution is 0.958. The lowest BCUT2D eigenvalue weighted by Gasteiger charge is -1.91. The lowest BCUT2D eigenvalue weighted by Crippen LogP contribution is -2.07. The highest BCUT2D eigenvalue weighted by Crippen LogP contribution is 2.08. The standard InChI is InChI=1S/2C8H8N2O.C2H4/c2*1-10-5-3-6-2-4-9-8(11)7(6)10;1-2/h2*2-5H,1H3,(H,9,11);1-2H2. The zero-order chi connectivity index (χ0) is 17.7. The lowest BCUT2D eigenvalue weighted by atomic mass is 10.3. The normalized spacial score (nSPS) is 9.92. The van der Waals surface area contributed by atoms with E-state index in [9.17, 15) is 9.59 Å². The van der Waals surface area contributed by atoms with Gasteiger partial charge < -0.3 is 19.1 Å². The number of hydrogen-bond donors (Lipinski definition) is 2. The van der Waals surface area contributed by atoms with E-state index in [1.807, 2.05) is 59.9 Å². The molecule has 6 heteroatoms. The molecular formula is C18H20N4O2. The predicted molar refractivity (Wildman–Crippen MR) is 98.3 cm³/mol. The summed E-state index contributed by atoms with van der Waals surface area (Å²) in [5.74, 6) is 0. The van der Waals surface area contributed by atoms with Crippen LogP contribution in [0.25, 0.3) is 21.8 Å². The van der Waals surface area contributed by atoms with Crippen LogP contribution in [0, 0.1) is 0 Å². The van der Waals surface area contributed by atoms with Gasteiger partial charge in [-0.2, -0.15) is 0 Å². The van der Waals surface area contributed by atoms with Gasteiger partial charge in [0, 0.05) is 49.7 Å². The van der Waals surface area contributed by atoms with Crippen molar-refractivity contribution in [2.45, 2.75) is 0 Å². The number of hydrogen-bond acceptors (Lipinski definition) is 2. The van der Waals surface area contributed by atoms with Crippen molar-refractivity contribution in [1.29, 1.82) is 0 Å². The summed E-state index contributed by atoms with van der Waals surface area (Å²) in [5.41, 5.74) is 1.39. The van der Waals surface area contributed by atoms with Crippen LogP contribution in [0.15, 0.2) is 71.8 Å². The number of H-pyrrole nitrogens is 2. The molecule has 0 aliphatic carbocycles. The average Bonchev–Trinajstić information content (AvgIpc) is 3.16. The molecule has 0 radical (unpaired) electrons. The highest BCUT2D eigenvalue weighted by Gasteiger charge is 2.00. The Morgan fingerprint density at radius 1 is 0.750 bits per heavy atom. The minimum atomic E-state index is -0.0324. The fourth-order valence-corrected chi connectivity index (χ4v) is 2.50. The van der Waals surface area contributed by atoms with Crippen molar-refractivity contribution >= 4 is 21.8 Å². The minimum Gasteiger partial charge on any atom is -0.346 e. The number of aryl methyl sites for hydroxylation is 2. The highest BCUT2D eigenvalue weighted by molar-refractivity contribution is 5.79. The number of nitrogens with zero attached hydrogens (tertiary/aromatic N) is 2. The molecule has 6 nitrogen and oxygen atoms in total. The van der Waals surface area contributed by atoms with Crippen LogP contribution in [-0.2, 0) is 14.1 Å². The first kappa shape index (κ1) is 17.1. The van der Waals surface area contributed by atoms with Gasteiger partial charge in [-0.25, -0.2) is 0 Å². The van der Waals surface area contributed by atoms with Crippen LogP contribution >= 0.6 is 0 Å². The van der Waals surface area contributed by atoms with Crippen LogP contribution in [-0.4, -0.2) is 19.1 Å². The molecule has 0 saturated heterocycles. The first-order chi connectivity index (χ1) is 11.6. The van der Waals surface area contributed by atoms with Gasteiger partial charge in [0.05, 0.1) is 0 Å². The van der Waals surface area contributed by atoms with Crippen molar-refractivity contribution in [2.75, 3.05) is 0 Å². The maximum Gasteiger partial charge on any atom is 0.272 e. The van der Waals surface area contributed by atoms with Crippen LogP contribution in [0.3, 0.4) is 0 Å². The topological polar surface area (TPSA) is 75.6 Å². The van der Waals surface area contributed by atoms with Crippen LogP contribution in [0.5, 0.6) is 0 Å². The number of rotatable bonds is 0. The molecule has 0 fully saturated rings. The van der Waals surface area contributed by atoms with Crippen molar-refractivity contribution in [3.05, 3.63) is 82.9 Å². The second-order valence-electron chi connectivity index (χ2n) is 5.07. The summed E-state index contributed by atoms with van der Waals surface area (Å²) in [7, 11) is 3.72. The second-order valence-corrected chi connectivity index (χ2v) is 5.07. The molecule has 4 heterocycles. The van der Waals surface area contributed by atoms with Crippen molar-refractivity contribution in [3.8, 4) is 0 Å². The molecule has 0 bridgehead atoms. The van der Waals surface area contributed by atoms with Gasteiger partial charge in [0.2, 0.25) is 0 Å². The SMILES string of the molecule is C=C.Cn1ccc2cc[nH]c(=O)c21.Cn1ccc2cc[nH]c(=O)c21. The number of nitrogens with one attached hydrogen (secondary N) is 2. The van der Waals surface area contributed by atoms with Crippen molar-refractivity contribution < 1.29 is 0 Å². The molecule has 0 spiro atoms. The molecule has 2 N–H and O–H groups in total. The fraction of sp³-hybridized carbons (Fsp3) is 0.111. The summed E-state index contributed by atoms with van der Waals surface area (Å²) >= 11 is 0. The summed E-state index contributed by atoms with van der Waals surface area (Å²) in [6.07, 6.45) is 7.06. The molecule has 24 heavy (non-hydrogen) atoms. The third kappa shape index (κ3) is 3.22. The van der Waals surface area contributed by atoms with Gasteiger partial charge in [-0.1, -0.05) is 0 Å². The third-order valence-electron chi connectivity index (χ3n) is 3.59. The Bertz CT molecular complexity index is 980. The fourth-order valence-electron chi connectivity index (χ4n) is 2.50. The molecule has 0 atom stereocenters. The molecule has 0 aromatic carbocycles. The van der Waals surface area contributed by atoms with E-state index in [4.69, 9.17) is 0 Å². The molecule has 4 rings (SSSR count). The molecule has 4 aromatic heterocycles. The van der Waals surface area contributed by atoms with Gasteiger partial charge in [-0.05, 0) is 24.3 Å². The molecule has 0 aliphatic rings. The molecular weight excluding hydrogens is 304 g/mol. The maximum atomic E-state index is 11.2. The van der Waals surface area contributed by atoms with Gasteiger partial charge >= 0.3 is 0 Å². The van der Waals surface area contributed by atoms with E-state index in [-0.39, 0.29) is 11.1 Å². The molecule has 0 saturated carbocycles. The summed E-state index contributed by atoms with van der Waals surface area (Å²) in [6.45, 7) is 6.00. The Morgan fingerprint density at radius 2 is 1.12 bits per heavy atom. The summed E-state index contributed by atoms with van der Waals surface area (Å²) in [5, 5.41) is 1.97. The molecule has 0 unspecified atom stereocenters. The molecule has 4 aromatic rings. The van der Waals surface area contributed by atoms with Gasteiger partial charge in [0.1, 0.15) is 11.0 Å². The van der Waals surface area contributed by atoms with E-state index in [2.05, 4.69) is 23.1 Å². The Labute approximate surface area is 138 Å². The van der Waals surface area contributed by atoms with Gasteiger partial charge in [-0.3, -0.25) is 9.59 Å². The first-order valence-corrected chi connectivity index (χ1v) is 7.33. The van der Waals surface area contributed by atoms with Crippen LogP contribution in [0.4, 0.5) is 0 Å². The summed E-state index contributed by atoms with van der Waals surface area (Å²) in [4.78, 5) is 27.6. The monoisotopic (exact) mass is 324 g/mol. The highest BCUT2D eigenvalue weighted by atomic mass is 16.1. The second kappa shape index (κ2) is 7.32. The van der Waals surface area contributed by atoms with Gasteiger partial charge in [0.25, 0.3) is 11.1 Å². The average molecular weight is 324 g/mol. The van der Waals surface area contributed by atoms with Crippen molar-refractivity contribution in [2.24, 2.45) is 14.1 Å². The Morgan fingerprint density at radius 3 is 1.46 bits per heavy atom. The van der Waals surface area contributed by atoms with Gasteiger partial charge in [-0.15, -0.1) is 13.2 Å². The van der Waals surface area contributed by atoms with E-state index in [1.54, 1.807) is 12.4 Å². The molecule has 124 valence electrons. The number of aromatic amines is 2. The number of pyridine rings is 2. The van der Waals surface area contributed by atoms with E-state index in [0.29, 0.717) is 0 Å². The van der Waals surface area contributed by atoms with Crippen molar-refractivity contribution in [1.82, 2.24) is 19.1 Å².